The Hall–Kier alpha value is -0.990. The van der Waals surface area contributed by atoms with Crippen LogP contribution in [0.4, 0.5) is 0 Å². The first-order chi connectivity index (χ1) is 8.70. The number of amides is 1. The molecule has 0 radical (unpaired) electrons. The molecule has 1 heterocycles. The highest BCUT2D eigenvalue weighted by Gasteiger charge is 2.26. The number of thioether (sulfide) groups is 1. The second kappa shape index (κ2) is 6.26. The van der Waals surface area contributed by atoms with Gasteiger partial charge in [-0.3, -0.25) is 4.79 Å². The lowest BCUT2D eigenvalue weighted by atomic mass is 10.1. The van der Waals surface area contributed by atoms with Crippen LogP contribution in [0.2, 0.25) is 0 Å². The van der Waals surface area contributed by atoms with Crippen LogP contribution in [-0.4, -0.2) is 34.9 Å². The molecule has 0 saturated carbocycles. The molecule has 1 aliphatic heterocycles. The second-order valence-corrected chi connectivity index (χ2v) is 6.18. The second-order valence-electron chi connectivity index (χ2n) is 4.11. The standard InChI is InChI=1S/C13H13BrN2OS/c14-11-3-1-2-10(6-11)7-13(17)16-4-5-18-9-12(16)8-15/h1-3,6,12H,4-5,7,9H2/t12-/m0/s1. The van der Waals surface area contributed by atoms with Gasteiger partial charge in [0.2, 0.25) is 5.91 Å². The Morgan fingerprint density at radius 3 is 3.17 bits per heavy atom. The topological polar surface area (TPSA) is 44.1 Å². The van der Waals surface area contributed by atoms with Crippen LogP contribution in [0.5, 0.6) is 0 Å². The average Bonchev–Trinajstić information content (AvgIpc) is 2.38. The van der Waals surface area contributed by atoms with E-state index in [0.29, 0.717) is 13.0 Å². The minimum absolute atomic E-state index is 0.0416. The first-order valence-corrected chi connectivity index (χ1v) is 7.67. The van der Waals surface area contributed by atoms with Crippen molar-refractivity contribution in [3.8, 4) is 6.07 Å². The maximum Gasteiger partial charge on any atom is 0.228 e. The summed E-state index contributed by atoms with van der Waals surface area (Å²) < 4.78 is 0.971. The highest BCUT2D eigenvalue weighted by molar-refractivity contribution is 9.10. The summed E-state index contributed by atoms with van der Waals surface area (Å²) in [5.41, 5.74) is 0.976. The van der Waals surface area contributed by atoms with Crippen molar-refractivity contribution in [2.75, 3.05) is 18.1 Å². The van der Waals surface area contributed by atoms with Crippen LogP contribution in [0, 0.1) is 11.3 Å². The van der Waals surface area contributed by atoms with Gasteiger partial charge in [0.15, 0.2) is 0 Å². The maximum atomic E-state index is 12.2. The first-order valence-electron chi connectivity index (χ1n) is 5.72. The summed E-state index contributed by atoms with van der Waals surface area (Å²) in [5, 5.41) is 9.06. The highest BCUT2D eigenvalue weighted by atomic mass is 79.9. The predicted octanol–water partition coefficient (Wildman–Crippen LogP) is 2.46. The number of rotatable bonds is 2. The SMILES string of the molecule is N#C[C@H]1CSCCN1C(=O)Cc1cccc(Br)c1. The zero-order valence-corrected chi connectivity index (χ0v) is 12.2. The fourth-order valence-electron chi connectivity index (χ4n) is 1.93. The van der Waals surface area contributed by atoms with Gasteiger partial charge in [-0.25, -0.2) is 0 Å². The summed E-state index contributed by atoms with van der Waals surface area (Å²) in [7, 11) is 0. The van der Waals surface area contributed by atoms with E-state index in [1.54, 1.807) is 16.7 Å². The zero-order chi connectivity index (χ0) is 13.0. The summed E-state index contributed by atoms with van der Waals surface area (Å²) >= 11 is 5.13. The van der Waals surface area contributed by atoms with Gasteiger partial charge in [0.25, 0.3) is 0 Å². The van der Waals surface area contributed by atoms with Gasteiger partial charge in [-0.2, -0.15) is 17.0 Å². The summed E-state index contributed by atoms with van der Waals surface area (Å²) in [6, 6.07) is 9.66. The number of carbonyl (C=O) groups excluding carboxylic acids is 1. The zero-order valence-electron chi connectivity index (χ0n) is 9.80. The van der Waals surface area contributed by atoms with E-state index >= 15 is 0 Å². The summed E-state index contributed by atoms with van der Waals surface area (Å²) in [6.45, 7) is 0.676. The van der Waals surface area contributed by atoms with Crippen molar-refractivity contribution in [1.29, 1.82) is 5.26 Å². The van der Waals surface area contributed by atoms with E-state index in [4.69, 9.17) is 5.26 Å². The van der Waals surface area contributed by atoms with Crippen LogP contribution in [0.25, 0.3) is 0 Å². The lowest BCUT2D eigenvalue weighted by Crippen LogP contribution is -2.46. The van der Waals surface area contributed by atoms with Crippen molar-refractivity contribution in [1.82, 2.24) is 4.90 Å². The van der Waals surface area contributed by atoms with Gasteiger partial charge in [-0.1, -0.05) is 28.1 Å². The lowest BCUT2D eigenvalue weighted by molar-refractivity contribution is -0.131. The molecule has 1 fully saturated rings. The molecule has 1 saturated heterocycles. The molecular formula is C13H13BrN2OS. The molecule has 1 aromatic rings. The normalized spacial score (nSPS) is 19.3. The van der Waals surface area contributed by atoms with E-state index in [0.717, 1.165) is 21.5 Å². The van der Waals surface area contributed by atoms with Gasteiger partial charge in [-0.05, 0) is 17.7 Å². The van der Waals surface area contributed by atoms with E-state index in [2.05, 4.69) is 22.0 Å². The van der Waals surface area contributed by atoms with Crippen molar-refractivity contribution in [3.63, 3.8) is 0 Å². The van der Waals surface area contributed by atoms with Crippen molar-refractivity contribution in [3.05, 3.63) is 34.3 Å². The number of nitrogens with zero attached hydrogens (tertiary/aromatic N) is 2. The molecule has 0 unspecified atom stereocenters. The number of carbonyl (C=O) groups is 1. The number of hydrogen-bond acceptors (Lipinski definition) is 3. The van der Waals surface area contributed by atoms with Crippen LogP contribution < -0.4 is 0 Å². The predicted molar refractivity (Wildman–Crippen MR) is 76.3 cm³/mol. The lowest BCUT2D eigenvalue weighted by Gasteiger charge is -2.31. The monoisotopic (exact) mass is 324 g/mol. The molecule has 94 valence electrons. The molecular weight excluding hydrogens is 312 g/mol. The largest absolute Gasteiger partial charge is 0.325 e. The Labute approximate surface area is 119 Å². The quantitative estimate of drug-likeness (QED) is 0.839. The number of hydrogen-bond donors (Lipinski definition) is 0. The molecule has 0 aliphatic carbocycles. The van der Waals surface area contributed by atoms with Gasteiger partial charge in [-0.15, -0.1) is 0 Å². The molecule has 2 rings (SSSR count). The van der Waals surface area contributed by atoms with Crippen LogP contribution in [-0.2, 0) is 11.2 Å². The third-order valence-electron chi connectivity index (χ3n) is 2.84. The molecule has 1 atom stereocenters. The van der Waals surface area contributed by atoms with E-state index in [-0.39, 0.29) is 11.9 Å². The van der Waals surface area contributed by atoms with Crippen LogP contribution in [0.15, 0.2) is 28.7 Å². The molecule has 0 spiro atoms. The Balaban J connectivity index is 2.05. The summed E-state index contributed by atoms with van der Waals surface area (Å²) in [6.07, 6.45) is 0.363. The molecule has 5 heteroatoms. The van der Waals surface area contributed by atoms with Gasteiger partial charge < -0.3 is 4.90 Å². The summed E-state index contributed by atoms with van der Waals surface area (Å²) in [5.74, 6) is 1.68. The van der Waals surface area contributed by atoms with Crippen molar-refractivity contribution < 1.29 is 4.79 Å². The minimum atomic E-state index is -0.275. The summed E-state index contributed by atoms with van der Waals surface area (Å²) in [4.78, 5) is 13.9. The van der Waals surface area contributed by atoms with Crippen molar-refractivity contribution in [2.24, 2.45) is 0 Å². The molecule has 0 N–H and O–H groups in total. The molecule has 0 aromatic heterocycles. The minimum Gasteiger partial charge on any atom is -0.325 e. The number of benzene rings is 1. The van der Waals surface area contributed by atoms with E-state index in [9.17, 15) is 4.79 Å². The Kier molecular flexibility index (Phi) is 4.67. The van der Waals surface area contributed by atoms with Gasteiger partial charge in [0.1, 0.15) is 6.04 Å². The number of halogens is 1. The third-order valence-corrected chi connectivity index (χ3v) is 4.36. The molecule has 1 aromatic carbocycles. The van der Waals surface area contributed by atoms with E-state index in [1.165, 1.54) is 0 Å². The maximum absolute atomic E-state index is 12.2. The number of nitriles is 1. The smallest absolute Gasteiger partial charge is 0.228 e. The van der Waals surface area contributed by atoms with Crippen molar-refractivity contribution >= 4 is 33.6 Å². The molecule has 0 bridgehead atoms. The van der Waals surface area contributed by atoms with Crippen LogP contribution >= 0.6 is 27.7 Å². The van der Waals surface area contributed by atoms with Gasteiger partial charge in [0, 0.05) is 22.5 Å². The van der Waals surface area contributed by atoms with Crippen LogP contribution in [0.1, 0.15) is 5.56 Å². The molecule has 1 amide bonds. The van der Waals surface area contributed by atoms with Crippen LogP contribution in [0.3, 0.4) is 0 Å². The van der Waals surface area contributed by atoms with E-state index < -0.39 is 0 Å². The third kappa shape index (κ3) is 3.27. The van der Waals surface area contributed by atoms with Crippen molar-refractivity contribution in [2.45, 2.75) is 12.5 Å². The average molecular weight is 325 g/mol. The molecule has 3 nitrogen and oxygen atoms in total. The fraction of sp³-hybridized carbons (Fsp3) is 0.385. The first kappa shape index (κ1) is 13.4. The van der Waals surface area contributed by atoms with Gasteiger partial charge >= 0.3 is 0 Å². The Bertz CT molecular complexity index is 486. The molecule has 18 heavy (non-hydrogen) atoms. The Morgan fingerprint density at radius 1 is 1.61 bits per heavy atom. The van der Waals surface area contributed by atoms with E-state index in [1.807, 2.05) is 24.3 Å². The fourth-order valence-corrected chi connectivity index (χ4v) is 3.35. The highest BCUT2D eigenvalue weighted by Crippen LogP contribution is 2.18. The Morgan fingerprint density at radius 2 is 2.44 bits per heavy atom. The molecule has 1 aliphatic rings. The van der Waals surface area contributed by atoms with Gasteiger partial charge in [0.05, 0.1) is 12.5 Å².